The lowest BCUT2D eigenvalue weighted by molar-refractivity contribution is -0.135. The van der Waals surface area contributed by atoms with Crippen LogP contribution in [0.5, 0.6) is 0 Å². The maximum absolute atomic E-state index is 12.9. The number of aliphatic hydroxyl groups is 1. The van der Waals surface area contributed by atoms with Gasteiger partial charge >= 0.3 is 0 Å². The number of methoxy groups -OCH3 is 1. The summed E-state index contributed by atoms with van der Waals surface area (Å²) in [5.41, 5.74) is 4.87. The van der Waals surface area contributed by atoms with E-state index in [0.717, 1.165) is 22.3 Å². The minimum atomic E-state index is -0.818. The van der Waals surface area contributed by atoms with E-state index in [9.17, 15) is 14.7 Å². The Hall–Kier alpha value is -3.86. The highest BCUT2D eigenvalue weighted by Crippen LogP contribution is 2.30. The highest BCUT2D eigenvalue weighted by molar-refractivity contribution is 6.30. The van der Waals surface area contributed by atoms with E-state index in [0.29, 0.717) is 53.8 Å². The molecular formula is C28H31ClN6O4. The van der Waals surface area contributed by atoms with E-state index in [1.165, 1.54) is 7.11 Å². The Kier molecular flexibility index (Phi) is 7.87. The van der Waals surface area contributed by atoms with Gasteiger partial charge in [-0.1, -0.05) is 23.7 Å². The number of carbonyl (C=O) groups excluding carboxylic acids is 1. The number of aryl methyl sites for hydroxylation is 1. The number of benzene rings is 2. The lowest BCUT2D eigenvalue weighted by atomic mass is 10.1. The van der Waals surface area contributed by atoms with Gasteiger partial charge in [0, 0.05) is 56.7 Å². The predicted octanol–water partition coefficient (Wildman–Crippen LogP) is 3.32. The molecule has 4 aromatic rings. The zero-order valence-electron chi connectivity index (χ0n) is 21.8. The highest BCUT2D eigenvalue weighted by Gasteiger charge is 2.23. The Morgan fingerprint density at radius 2 is 2.00 bits per heavy atom. The molecule has 1 atom stereocenters. The molecule has 2 aromatic carbocycles. The third-order valence-corrected chi connectivity index (χ3v) is 7.18. The molecule has 5 rings (SSSR count). The number of nitrogens with zero attached hydrogens (tertiary/aromatic N) is 3. The van der Waals surface area contributed by atoms with Crippen LogP contribution in [0.2, 0.25) is 5.02 Å². The summed E-state index contributed by atoms with van der Waals surface area (Å²) in [4.78, 5) is 39.9. The van der Waals surface area contributed by atoms with Crippen LogP contribution in [0.15, 0.2) is 53.5 Å². The van der Waals surface area contributed by atoms with Crippen LogP contribution in [0.4, 0.5) is 11.4 Å². The number of halogens is 1. The Labute approximate surface area is 230 Å². The molecule has 2 aromatic heterocycles. The molecule has 11 heteroatoms. The molecule has 1 fully saturated rings. The molecular weight excluding hydrogens is 520 g/mol. The first kappa shape index (κ1) is 26.7. The zero-order chi connectivity index (χ0) is 27.5. The van der Waals surface area contributed by atoms with Crippen LogP contribution in [-0.4, -0.2) is 77.3 Å². The maximum atomic E-state index is 12.9. The van der Waals surface area contributed by atoms with E-state index in [1.54, 1.807) is 36.5 Å². The normalized spacial score (nSPS) is 14.6. The number of H-pyrrole nitrogens is 2. The Morgan fingerprint density at radius 3 is 2.74 bits per heavy atom. The molecule has 204 valence electrons. The first-order valence-corrected chi connectivity index (χ1v) is 13.1. The second kappa shape index (κ2) is 11.5. The summed E-state index contributed by atoms with van der Waals surface area (Å²) in [5.74, 6) is 0.432. The molecule has 1 aliphatic rings. The smallest absolute Gasteiger partial charge is 0.261 e. The number of rotatable bonds is 8. The summed E-state index contributed by atoms with van der Waals surface area (Å²) in [6.45, 7) is 4.94. The van der Waals surface area contributed by atoms with Crippen molar-refractivity contribution in [3.8, 4) is 11.4 Å². The van der Waals surface area contributed by atoms with Crippen molar-refractivity contribution in [1.29, 1.82) is 0 Å². The van der Waals surface area contributed by atoms with Crippen molar-refractivity contribution >= 4 is 39.9 Å². The van der Waals surface area contributed by atoms with Crippen LogP contribution in [0.3, 0.4) is 0 Å². The minimum absolute atomic E-state index is 0.000394. The molecule has 1 aliphatic heterocycles. The summed E-state index contributed by atoms with van der Waals surface area (Å²) in [6.07, 6.45) is 0.741. The largest absolute Gasteiger partial charge is 0.387 e. The Balaban J connectivity index is 1.38. The van der Waals surface area contributed by atoms with Crippen LogP contribution in [0.1, 0.15) is 17.2 Å². The average Bonchev–Trinajstić information content (AvgIpc) is 3.36. The first-order valence-electron chi connectivity index (χ1n) is 12.8. The van der Waals surface area contributed by atoms with Gasteiger partial charge in [-0.3, -0.25) is 9.59 Å². The van der Waals surface area contributed by atoms with Gasteiger partial charge in [0.25, 0.3) is 5.56 Å². The van der Waals surface area contributed by atoms with E-state index >= 15 is 0 Å². The average molecular weight is 551 g/mol. The van der Waals surface area contributed by atoms with Gasteiger partial charge in [0.2, 0.25) is 5.91 Å². The van der Waals surface area contributed by atoms with E-state index in [4.69, 9.17) is 21.3 Å². The fourth-order valence-corrected chi connectivity index (χ4v) is 5.10. The monoisotopic (exact) mass is 550 g/mol. The fourth-order valence-electron chi connectivity index (χ4n) is 4.90. The minimum Gasteiger partial charge on any atom is -0.387 e. The molecule has 0 radical (unpaired) electrons. The van der Waals surface area contributed by atoms with Crippen molar-refractivity contribution in [2.45, 2.75) is 13.0 Å². The van der Waals surface area contributed by atoms with Gasteiger partial charge in [-0.05, 0) is 48.4 Å². The SMILES string of the molecule is COCC(=O)N1CCN(c2cc(C)c3nc(-c4c(NC[C@@H](O)c5cccc(Cl)c5)cc[nH]c4=O)[nH]c3c2)CC1. The van der Waals surface area contributed by atoms with Gasteiger partial charge in [0.15, 0.2) is 0 Å². The van der Waals surface area contributed by atoms with Crippen LogP contribution >= 0.6 is 11.6 Å². The number of hydrogen-bond donors (Lipinski definition) is 4. The molecule has 1 amide bonds. The number of pyridine rings is 1. The third-order valence-electron chi connectivity index (χ3n) is 6.94. The molecule has 4 N–H and O–H groups in total. The van der Waals surface area contributed by atoms with Gasteiger partial charge in [-0.25, -0.2) is 4.98 Å². The molecule has 0 spiro atoms. The van der Waals surface area contributed by atoms with Gasteiger partial charge in [0.05, 0.1) is 22.8 Å². The Bertz CT molecular complexity index is 1540. The molecule has 0 bridgehead atoms. The van der Waals surface area contributed by atoms with E-state index < -0.39 is 6.10 Å². The molecule has 0 unspecified atom stereocenters. The number of aliphatic hydroxyl groups excluding tert-OH is 1. The summed E-state index contributed by atoms with van der Waals surface area (Å²) in [6, 6.07) is 12.9. The van der Waals surface area contributed by atoms with Crippen LogP contribution in [0.25, 0.3) is 22.4 Å². The molecule has 1 saturated heterocycles. The highest BCUT2D eigenvalue weighted by atomic mass is 35.5. The first-order chi connectivity index (χ1) is 18.8. The number of aromatic nitrogens is 3. The standard InChI is InChI=1S/C28H31ClN6O4/c1-17-12-20(34-8-10-35(11-9-34)24(37)16-39-2)14-22-26(17)33-27(32-22)25-21(6-7-30-28(25)38)31-15-23(36)18-4-3-5-19(29)13-18/h3-7,12-14,23,36H,8-11,15-16H2,1-2H3,(H,32,33)(H2,30,31,38)/t23-/m1/s1. The van der Waals surface area contributed by atoms with Crippen molar-refractivity contribution in [2.24, 2.45) is 0 Å². The Morgan fingerprint density at radius 1 is 1.21 bits per heavy atom. The van der Waals surface area contributed by atoms with Crippen molar-refractivity contribution < 1.29 is 14.6 Å². The molecule has 39 heavy (non-hydrogen) atoms. The maximum Gasteiger partial charge on any atom is 0.261 e. The van der Waals surface area contributed by atoms with Crippen molar-refractivity contribution in [2.75, 3.05) is 56.7 Å². The number of piperazine rings is 1. The molecule has 3 heterocycles. The van der Waals surface area contributed by atoms with Crippen LogP contribution in [0, 0.1) is 6.92 Å². The summed E-state index contributed by atoms with van der Waals surface area (Å²) in [5, 5.41) is 14.4. The summed E-state index contributed by atoms with van der Waals surface area (Å²) < 4.78 is 4.98. The topological polar surface area (TPSA) is 127 Å². The van der Waals surface area contributed by atoms with Gasteiger partial charge in [0.1, 0.15) is 18.0 Å². The van der Waals surface area contributed by atoms with Gasteiger partial charge < -0.3 is 34.9 Å². The zero-order valence-corrected chi connectivity index (χ0v) is 22.6. The number of anilines is 2. The number of aromatic amines is 2. The third kappa shape index (κ3) is 5.78. The number of carbonyl (C=O) groups is 1. The second-order valence-corrected chi connectivity index (χ2v) is 10.0. The van der Waals surface area contributed by atoms with Gasteiger partial charge in [-0.15, -0.1) is 0 Å². The predicted molar refractivity (Wildman–Crippen MR) is 152 cm³/mol. The molecule has 0 saturated carbocycles. The summed E-state index contributed by atoms with van der Waals surface area (Å²) >= 11 is 6.06. The number of nitrogens with one attached hydrogen (secondary N) is 3. The van der Waals surface area contributed by atoms with Crippen molar-refractivity contribution in [3.05, 3.63) is 75.2 Å². The quantitative estimate of drug-likeness (QED) is 0.265. The van der Waals surface area contributed by atoms with E-state index in [1.807, 2.05) is 17.9 Å². The number of hydrogen-bond acceptors (Lipinski definition) is 7. The fraction of sp³-hybridized carbons (Fsp3) is 0.321. The van der Waals surface area contributed by atoms with Crippen molar-refractivity contribution in [1.82, 2.24) is 19.9 Å². The number of imidazole rings is 1. The molecule has 0 aliphatic carbocycles. The number of amides is 1. The van der Waals surface area contributed by atoms with Crippen molar-refractivity contribution in [3.63, 3.8) is 0 Å². The van der Waals surface area contributed by atoms with Crippen LogP contribution in [-0.2, 0) is 9.53 Å². The molecule has 10 nitrogen and oxygen atoms in total. The summed E-state index contributed by atoms with van der Waals surface area (Å²) in [7, 11) is 1.53. The van der Waals surface area contributed by atoms with Gasteiger partial charge in [-0.2, -0.15) is 0 Å². The number of fused-ring (bicyclic) bond motifs is 1. The van der Waals surface area contributed by atoms with E-state index in [-0.39, 0.29) is 24.6 Å². The second-order valence-electron chi connectivity index (χ2n) is 9.59. The number of ether oxygens (including phenoxy) is 1. The lowest BCUT2D eigenvalue weighted by Crippen LogP contribution is -2.49. The lowest BCUT2D eigenvalue weighted by Gasteiger charge is -2.36. The van der Waals surface area contributed by atoms with E-state index in [2.05, 4.69) is 26.3 Å². The van der Waals surface area contributed by atoms with Crippen LogP contribution < -0.4 is 15.8 Å².